The number of carbonyl (C=O) groups excluding carboxylic acids is 1. The Balaban J connectivity index is 2.39. The van der Waals surface area contributed by atoms with Crippen molar-refractivity contribution in [2.75, 3.05) is 18.4 Å². The van der Waals surface area contributed by atoms with Crippen LogP contribution in [0.25, 0.3) is 0 Å². The Morgan fingerprint density at radius 3 is 2.23 bits per heavy atom. The van der Waals surface area contributed by atoms with Gasteiger partial charge in [-0.15, -0.1) is 0 Å². The summed E-state index contributed by atoms with van der Waals surface area (Å²) in [7, 11) is -2.09. The van der Waals surface area contributed by atoms with Crippen LogP contribution in [0.3, 0.4) is 0 Å². The molecule has 2 aromatic rings. The molecule has 10 heteroatoms. The number of benzene rings is 1. The lowest BCUT2D eigenvalue weighted by Crippen LogP contribution is -2.30. The molecule has 0 saturated carbocycles. The monoisotopic (exact) mass is 437 g/mol. The number of aromatic nitrogens is 1. The van der Waals surface area contributed by atoms with Crippen LogP contribution in [0, 0.1) is 0 Å². The van der Waals surface area contributed by atoms with Gasteiger partial charge in [0.25, 0.3) is 5.91 Å². The molecule has 1 N–H and O–H groups in total. The largest absolute Gasteiger partial charge is 0.329 e. The molecule has 1 amide bonds. The van der Waals surface area contributed by atoms with Gasteiger partial charge < -0.3 is 9.88 Å². The van der Waals surface area contributed by atoms with E-state index in [2.05, 4.69) is 5.32 Å². The van der Waals surface area contributed by atoms with Gasteiger partial charge in [-0.05, 0) is 24.3 Å². The second-order valence-corrected chi connectivity index (χ2v) is 8.52. The summed E-state index contributed by atoms with van der Waals surface area (Å²) in [4.78, 5) is 12.5. The average Bonchev–Trinajstić information content (AvgIpc) is 2.85. The Labute approximate surface area is 167 Å². The lowest BCUT2D eigenvalue weighted by atomic mass is 10.3. The van der Waals surface area contributed by atoms with Crippen LogP contribution in [0.1, 0.15) is 24.3 Å². The summed E-state index contributed by atoms with van der Waals surface area (Å²) in [5.74, 6) is -0.513. The van der Waals surface area contributed by atoms with E-state index in [4.69, 9.17) is 34.8 Å². The zero-order valence-electron chi connectivity index (χ0n) is 14.4. The first-order chi connectivity index (χ1) is 12.1. The Morgan fingerprint density at radius 1 is 1.12 bits per heavy atom. The topological polar surface area (TPSA) is 71.4 Å². The highest BCUT2D eigenvalue weighted by Gasteiger charge is 2.23. The summed E-state index contributed by atoms with van der Waals surface area (Å²) in [6.07, 6.45) is 0. The molecular formula is C16H18Cl3N3O3S. The van der Waals surface area contributed by atoms with E-state index in [1.54, 1.807) is 20.9 Å². The Hall–Kier alpha value is -1.25. The third kappa shape index (κ3) is 4.02. The molecule has 0 fully saturated rings. The van der Waals surface area contributed by atoms with Crippen molar-refractivity contribution >= 4 is 56.4 Å². The lowest BCUT2D eigenvalue weighted by Gasteiger charge is -2.19. The zero-order chi connectivity index (χ0) is 19.6. The first kappa shape index (κ1) is 21.1. The van der Waals surface area contributed by atoms with Crippen LogP contribution < -0.4 is 5.32 Å². The molecule has 0 atom stereocenters. The fourth-order valence-electron chi connectivity index (χ4n) is 2.42. The third-order valence-electron chi connectivity index (χ3n) is 3.88. The molecule has 2 rings (SSSR count). The molecule has 0 unspecified atom stereocenters. The highest BCUT2D eigenvalue weighted by atomic mass is 35.5. The molecule has 0 radical (unpaired) electrons. The minimum absolute atomic E-state index is 0.0452. The molecule has 142 valence electrons. The van der Waals surface area contributed by atoms with Gasteiger partial charge in [0.15, 0.2) is 0 Å². The second kappa shape index (κ2) is 8.19. The number of amides is 1. The zero-order valence-corrected chi connectivity index (χ0v) is 17.5. The number of halogens is 3. The van der Waals surface area contributed by atoms with Crippen molar-refractivity contribution in [3.63, 3.8) is 0 Å². The van der Waals surface area contributed by atoms with Gasteiger partial charge in [-0.2, -0.15) is 4.31 Å². The minimum atomic E-state index is -3.68. The summed E-state index contributed by atoms with van der Waals surface area (Å²) >= 11 is 18.0. The molecule has 0 aliphatic rings. The molecule has 0 spiro atoms. The van der Waals surface area contributed by atoms with Crippen molar-refractivity contribution in [3.8, 4) is 0 Å². The van der Waals surface area contributed by atoms with Crippen LogP contribution in [0.5, 0.6) is 0 Å². The SMILES string of the molecule is CCN(CC)S(=O)(=O)c1ccc(Cl)c(NC(=O)c2cc(Cl)c(Cl)n2C)c1. The average molecular weight is 439 g/mol. The predicted octanol–water partition coefficient (Wildman–Crippen LogP) is 4.27. The highest BCUT2D eigenvalue weighted by Crippen LogP contribution is 2.29. The minimum Gasteiger partial charge on any atom is -0.329 e. The molecule has 0 saturated heterocycles. The summed E-state index contributed by atoms with van der Waals surface area (Å²) in [6, 6.07) is 5.59. The fraction of sp³-hybridized carbons (Fsp3) is 0.312. The van der Waals surface area contributed by atoms with Crippen LogP contribution in [0.4, 0.5) is 5.69 Å². The van der Waals surface area contributed by atoms with Crippen molar-refractivity contribution in [2.24, 2.45) is 7.05 Å². The van der Waals surface area contributed by atoms with Crippen LogP contribution in [0.2, 0.25) is 15.2 Å². The lowest BCUT2D eigenvalue weighted by molar-refractivity contribution is 0.101. The van der Waals surface area contributed by atoms with E-state index < -0.39 is 15.9 Å². The number of hydrogen-bond donors (Lipinski definition) is 1. The number of rotatable bonds is 6. The number of nitrogens with one attached hydrogen (secondary N) is 1. The molecule has 26 heavy (non-hydrogen) atoms. The fourth-order valence-corrected chi connectivity index (χ4v) is 4.45. The third-order valence-corrected chi connectivity index (χ3v) is 7.10. The van der Waals surface area contributed by atoms with Crippen LogP contribution >= 0.6 is 34.8 Å². The highest BCUT2D eigenvalue weighted by molar-refractivity contribution is 7.89. The van der Waals surface area contributed by atoms with E-state index in [1.807, 2.05) is 0 Å². The normalized spacial score (nSPS) is 11.8. The van der Waals surface area contributed by atoms with Gasteiger partial charge in [0.2, 0.25) is 10.0 Å². The van der Waals surface area contributed by atoms with E-state index in [-0.39, 0.29) is 31.5 Å². The maximum Gasteiger partial charge on any atom is 0.272 e. The van der Waals surface area contributed by atoms with E-state index in [1.165, 1.54) is 33.1 Å². The second-order valence-electron chi connectivity index (χ2n) is 5.41. The van der Waals surface area contributed by atoms with E-state index in [9.17, 15) is 13.2 Å². The van der Waals surface area contributed by atoms with Gasteiger partial charge in [-0.3, -0.25) is 4.79 Å². The van der Waals surface area contributed by atoms with Crippen molar-refractivity contribution in [1.29, 1.82) is 0 Å². The van der Waals surface area contributed by atoms with Crippen molar-refractivity contribution in [1.82, 2.24) is 8.87 Å². The number of carbonyl (C=O) groups is 1. The number of anilines is 1. The first-order valence-electron chi connectivity index (χ1n) is 7.75. The van der Waals surface area contributed by atoms with Crippen molar-refractivity contribution < 1.29 is 13.2 Å². The molecule has 1 aromatic carbocycles. The summed E-state index contributed by atoms with van der Waals surface area (Å²) < 4.78 is 28.0. The molecule has 0 bridgehead atoms. The van der Waals surface area contributed by atoms with Crippen molar-refractivity contribution in [2.45, 2.75) is 18.7 Å². The maximum atomic E-state index is 12.6. The summed E-state index contributed by atoms with van der Waals surface area (Å²) in [5.41, 5.74) is 0.395. The molecule has 6 nitrogen and oxygen atoms in total. The Kier molecular flexibility index (Phi) is 6.63. The number of sulfonamides is 1. The number of hydrogen-bond acceptors (Lipinski definition) is 3. The van der Waals surface area contributed by atoms with Crippen LogP contribution in [0.15, 0.2) is 29.2 Å². The Morgan fingerprint density at radius 2 is 1.73 bits per heavy atom. The summed E-state index contributed by atoms with van der Waals surface area (Å²) in [5, 5.41) is 3.28. The van der Waals surface area contributed by atoms with E-state index in [0.717, 1.165) is 0 Å². The van der Waals surface area contributed by atoms with Gasteiger partial charge >= 0.3 is 0 Å². The van der Waals surface area contributed by atoms with Crippen LogP contribution in [-0.2, 0) is 17.1 Å². The van der Waals surface area contributed by atoms with E-state index in [0.29, 0.717) is 13.1 Å². The molecule has 0 aliphatic heterocycles. The molecule has 1 aromatic heterocycles. The Bertz CT molecular complexity index is 938. The molecule has 1 heterocycles. The maximum absolute atomic E-state index is 12.6. The van der Waals surface area contributed by atoms with Gasteiger partial charge in [0.05, 0.1) is 20.6 Å². The summed E-state index contributed by atoms with van der Waals surface area (Å²) in [6.45, 7) is 4.18. The van der Waals surface area contributed by atoms with Gasteiger partial charge in [-0.1, -0.05) is 48.7 Å². The predicted molar refractivity (Wildman–Crippen MR) is 105 cm³/mol. The van der Waals surface area contributed by atoms with Gasteiger partial charge in [0, 0.05) is 20.1 Å². The number of nitrogens with zero attached hydrogens (tertiary/aromatic N) is 2. The van der Waals surface area contributed by atoms with Crippen molar-refractivity contribution in [3.05, 3.63) is 45.2 Å². The van der Waals surface area contributed by atoms with Crippen LogP contribution in [-0.4, -0.2) is 36.3 Å². The van der Waals surface area contributed by atoms with Gasteiger partial charge in [-0.25, -0.2) is 8.42 Å². The van der Waals surface area contributed by atoms with Gasteiger partial charge in [0.1, 0.15) is 10.8 Å². The van der Waals surface area contributed by atoms with E-state index >= 15 is 0 Å². The first-order valence-corrected chi connectivity index (χ1v) is 10.3. The smallest absolute Gasteiger partial charge is 0.272 e. The standard InChI is InChI=1S/C16H18Cl3N3O3S/c1-4-22(5-2)26(24,25)10-6-7-11(17)13(8-10)20-16(23)14-9-12(18)15(19)21(14)3/h6-9H,4-5H2,1-3H3,(H,20,23). The molecular weight excluding hydrogens is 421 g/mol. The molecule has 0 aliphatic carbocycles. The quantitative estimate of drug-likeness (QED) is 0.732.